The molecular formula is C13H13BrN2O3. The standard InChI is InChI=1S/C13H13BrN2O3/c1-3-19-11-6-8(4-9(7-15)13(16)17)5-10(14)12(11)18-2/h4-6H,3H2,1-2H3,(H2,16,17)/b9-4+. The molecule has 6 heteroatoms. The van der Waals surface area contributed by atoms with Crippen LogP contribution in [0.25, 0.3) is 6.08 Å². The molecule has 0 saturated heterocycles. The van der Waals surface area contributed by atoms with Crippen LogP contribution in [-0.4, -0.2) is 19.6 Å². The average molecular weight is 325 g/mol. The molecule has 100 valence electrons. The minimum absolute atomic E-state index is 0.125. The number of ether oxygens (including phenoxy) is 2. The molecule has 0 aromatic heterocycles. The first kappa shape index (κ1) is 15.1. The number of halogens is 1. The Hall–Kier alpha value is -2.00. The van der Waals surface area contributed by atoms with Crippen molar-refractivity contribution >= 4 is 27.9 Å². The van der Waals surface area contributed by atoms with E-state index in [1.165, 1.54) is 13.2 Å². The number of benzene rings is 1. The largest absolute Gasteiger partial charge is 0.492 e. The number of carbonyl (C=O) groups is 1. The van der Waals surface area contributed by atoms with Gasteiger partial charge in [-0.15, -0.1) is 0 Å². The van der Waals surface area contributed by atoms with E-state index in [1.54, 1.807) is 18.2 Å². The highest BCUT2D eigenvalue weighted by atomic mass is 79.9. The maximum atomic E-state index is 11.0. The molecule has 0 aliphatic heterocycles. The molecule has 19 heavy (non-hydrogen) atoms. The molecule has 1 aromatic rings. The molecule has 0 aliphatic rings. The van der Waals surface area contributed by atoms with Crippen LogP contribution in [0, 0.1) is 11.3 Å². The van der Waals surface area contributed by atoms with Gasteiger partial charge >= 0.3 is 0 Å². The molecule has 1 aromatic carbocycles. The number of primary amides is 1. The van der Waals surface area contributed by atoms with Gasteiger partial charge in [-0.05, 0) is 46.6 Å². The molecule has 0 fully saturated rings. The molecule has 0 bridgehead atoms. The Morgan fingerprint density at radius 3 is 2.74 bits per heavy atom. The number of hydrogen-bond donors (Lipinski definition) is 1. The van der Waals surface area contributed by atoms with Crippen LogP contribution in [0.1, 0.15) is 12.5 Å². The third kappa shape index (κ3) is 3.73. The molecule has 1 amide bonds. The normalized spacial score (nSPS) is 10.7. The second-order valence-electron chi connectivity index (χ2n) is 3.50. The van der Waals surface area contributed by atoms with Crippen molar-refractivity contribution in [1.82, 2.24) is 0 Å². The zero-order valence-electron chi connectivity index (χ0n) is 10.6. The minimum atomic E-state index is -0.771. The molecule has 5 nitrogen and oxygen atoms in total. The van der Waals surface area contributed by atoms with Crippen LogP contribution in [0.15, 0.2) is 22.2 Å². The number of nitriles is 1. The molecule has 1 rings (SSSR count). The number of hydrogen-bond acceptors (Lipinski definition) is 4. The smallest absolute Gasteiger partial charge is 0.259 e. The summed E-state index contributed by atoms with van der Waals surface area (Å²) in [7, 11) is 1.53. The topological polar surface area (TPSA) is 85.3 Å². The summed E-state index contributed by atoms with van der Waals surface area (Å²) in [4.78, 5) is 11.0. The van der Waals surface area contributed by atoms with Crippen molar-refractivity contribution < 1.29 is 14.3 Å². The number of amides is 1. The van der Waals surface area contributed by atoms with E-state index >= 15 is 0 Å². The fourth-order valence-electron chi connectivity index (χ4n) is 1.46. The third-order valence-corrected chi connectivity index (χ3v) is 2.82. The number of carbonyl (C=O) groups excluding carboxylic acids is 1. The van der Waals surface area contributed by atoms with Gasteiger partial charge < -0.3 is 15.2 Å². The lowest BCUT2D eigenvalue weighted by Gasteiger charge is -2.12. The summed E-state index contributed by atoms with van der Waals surface area (Å²) < 4.78 is 11.3. The Morgan fingerprint density at radius 1 is 1.58 bits per heavy atom. The van der Waals surface area contributed by atoms with Gasteiger partial charge in [-0.2, -0.15) is 5.26 Å². The van der Waals surface area contributed by atoms with E-state index in [0.29, 0.717) is 28.1 Å². The lowest BCUT2D eigenvalue weighted by molar-refractivity contribution is -0.114. The summed E-state index contributed by atoms with van der Waals surface area (Å²) in [6, 6.07) is 5.13. The lowest BCUT2D eigenvalue weighted by atomic mass is 10.1. The molecule has 0 unspecified atom stereocenters. The molecule has 0 saturated carbocycles. The van der Waals surface area contributed by atoms with Gasteiger partial charge in [-0.1, -0.05) is 0 Å². The average Bonchev–Trinajstić information content (AvgIpc) is 2.35. The first-order valence-corrected chi connectivity index (χ1v) is 6.24. The van der Waals surface area contributed by atoms with E-state index in [-0.39, 0.29) is 5.57 Å². The second kappa shape index (κ2) is 6.81. The van der Waals surface area contributed by atoms with Crippen molar-refractivity contribution in [3.05, 3.63) is 27.7 Å². The highest BCUT2D eigenvalue weighted by Crippen LogP contribution is 2.37. The predicted molar refractivity (Wildman–Crippen MR) is 74.6 cm³/mol. The Morgan fingerprint density at radius 2 is 2.26 bits per heavy atom. The fraction of sp³-hybridized carbons (Fsp3) is 0.231. The Bertz CT molecular complexity index is 562. The molecule has 0 spiro atoms. The summed E-state index contributed by atoms with van der Waals surface area (Å²) in [5, 5.41) is 8.81. The first-order valence-electron chi connectivity index (χ1n) is 5.45. The van der Waals surface area contributed by atoms with Gasteiger partial charge in [0.05, 0.1) is 18.2 Å². The summed E-state index contributed by atoms with van der Waals surface area (Å²) in [6.07, 6.45) is 1.40. The van der Waals surface area contributed by atoms with Gasteiger partial charge in [-0.25, -0.2) is 0 Å². The van der Waals surface area contributed by atoms with Gasteiger partial charge in [0.1, 0.15) is 11.6 Å². The van der Waals surface area contributed by atoms with Crippen molar-refractivity contribution in [3.63, 3.8) is 0 Å². The Balaban J connectivity index is 3.32. The van der Waals surface area contributed by atoms with Crippen LogP contribution >= 0.6 is 15.9 Å². The van der Waals surface area contributed by atoms with Crippen molar-refractivity contribution in [3.8, 4) is 17.6 Å². The molecular weight excluding hydrogens is 312 g/mol. The summed E-state index contributed by atoms with van der Waals surface area (Å²) in [6.45, 7) is 2.32. The van der Waals surface area contributed by atoms with Crippen molar-refractivity contribution in [2.75, 3.05) is 13.7 Å². The van der Waals surface area contributed by atoms with Crippen LogP contribution in [-0.2, 0) is 4.79 Å². The van der Waals surface area contributed by atoms with Crippen molar-refractivity contribution in [1.29, 1.82) is 5.26 Å². The highest BCUT2D eigenvalue weighted by Gasteiger charge is 2.11. The molecule has 2 N–H and O–H groups in total. The number of methoxy groups -OCH3 is 1. The van der Waals surface area contributed by atoms with E-state index in [9.17, 15) is 4.79 Å². The van der Waals surface area contributed by atoms with Crippen molar-refractivity contribution in [2.24, 2.45) is 5.73 Å². The lowest BCUT2D eigenvalue weighted by Crippen LogP contribution is -2.12. The maximum absolute atomic E-state index is 11.0. The van der Waals surface area contributed by atoms with Crippen LogP contribution in [0.2, 0.25) is 0 Å². The minimum Gasteiger partial charge on any atom is -0.492 e. The van der Waals surface area contributed by atoms with E-state index in [4.69, 9.17) is 20.5 Å². The number of nitrogens with two attached hydrogens (primary N) is 1. The second-order valence-corrected chi connectivity index (χ2v) is 4.36. The van der Waals surface area contributed by atoms with E-state index in [1.807, 2.05) is 6.92 Å². The predicted octanol–water partition coefficient (Wildman–Crippen LogP) is 2.25. The summed E-state index contributed by atoms with van der Waals surface area (Å²) in [5.74, 6) is 0.302. The van der Waals surface area contributed by atoms with E-state index < -0.39 is 5.91 Å². The van der Waals surface area contributed by atoms with Crippen LogP contribution in [0.3, 0.4) is 0 Å². The van der Waals surface area contributed by atoms with Gasteiger partial charge in [0.2, 0.25) is 0 Å². The summed E-state index contributed by atoms with van der Waals surface area (Å²) >= 11 is 3.34. The third-order valence-electron chi connectivity index (χ3n) is 2.23. The van der Waals surface area contributed by atoms with Crippen LogP contribution in [0.5, 0.6) is 11.5 Å². The first-order chi connectivity index (χ1) is 9.03. The van der Waals surface area contributed by atoms with Crippen molar-refractivity contribution in [2.45, 2.75) is 6.92 Å². The zero-order valence-corrected chi connectivity index (χ0v) is 12.2. The molecule has 0 aliphatic carbocycles. The van der Waals surface area contributed by atoms with Gasteiger partial charge in [0.15, 0.2) is 11.5 Å². The fourth-order valence-corrected chi connectivity index (χ4v) is 2.08. The van der Waals surface area contributed by atoms with E-state index in [0.717, 1.165) is 0 Å². The quantitative estimate of drug-likeness (QED) is 0.664. The monoisotopic (exact) mass is 324 g/mol. The molecule has 0 heterocycles. The SMILES string of the molecule is CCOc1cc(/C=C(\C#N)C(N)=O)cc(Br)c1OC. The van der Waals surface area contributed by atoms with Gasteiger partial charge in [0.25, 0.3) is 5.91 Å². The summed E-state index contributed by atoms with van der Waals surface area (Å²) in [5.41, 5.74) is 5.58. The van der Waals surface area contributed by atoms with Gasteiger partial charge in [0, 0.05) is 0 Å². The van der Waals surface area contributed by atoms with E-state index in [2.05, 4.69) is 15.9 Å². The van der Waals surface area contributed by atoms with Gasteiger partial charge in [-0.3, -0.25) is 4.79 Å². The Labute approximate surface area is 119 Å². The Kier molecular flexibility index (Phi) is 5.39. The molecule has 0 atom stereocenters. The number of rotatable bonds is 5. The number of nitrogens with zero attached hydrogens (tertiary/aromatic N) is 1. The maximum Gasteiger partial charge on any atom is 0.259 e. The molecule has 0 radical (unpaired) electrons. The van der Waals surface area contributed by atoms with Crippen LogP contribution in [0.4, 0.5) is 0 Å². The zero-order chi connectivity index (χ0) is 14.4. The highest BCUT2D eigenvalue weighted by molar-refractivity contribution is 9.10. The van der Waals surface area contributed by atoms with Crippen LogP contribution < -0.4 is 15.2 Å².